The van der Waals surface area contributed by atoms with Crippen LogP contribution < -0.4 is 9.80 Å². The monoisotopic (exact) mass is 784 g/mol. The normalized spacial score (nSPS) is 17.1. The highest BCUT2D eigenvalue weighted by Gasteiger charge is 2.30. The largest absolute Gasteiger partial charge is 0.311 e. The first-order valence-electron chi connectivity index (χ1n) is 22.4. The molecule has 2 aliphatic heterocycles. The number of rotatable bonds is 5. The molecular formula is C59H48N2. The van der Waals surface area contributed by atoms with Gasteiger partial charge in [-0.05, 0) is 184 Å². The molecule has 2 heterocycles. The van der Waals surface area contributed by atoms with E-state index in [-0.39, 0.29) is 0 Å². The molecular weight excluding hydrogens is 737 g/mol. The Bertz CT molecular complexity index is 3040. The lowest BCUT2D eigenvalue weighted by molar-refractivity contribution is 0.781. The molecule has 0 N–H and O–H groups in total. The van der Waals surface area contributed by atoms with Gasteiger partial charge in [0.25, 0.3) is 0 Å². The molecule has 3 aliphatic carbocycles. The van der Waals surface area contributed by atoms with E-state index in [0.717, 1.165) is 57.8 Å². The average Bonchev–Trinajstić information content (AvgIpc) is 3.50. The summed E-state index contributed by atoms with van der Waals surface area (Å²) >= 11 is 0. The first-order valence-corrected chi connectivity index (χ1v) is 22.4. The molecule has 0 saturated carbocycles. The van der Waals surface area contributed by atoms with Gasteiger partial charge in [0, 0.05) is 34.2 Å². The van der Waals surface area contributed by atoms with Gasteiger partial charge in [-0.3, -0.25) is 0 Å². The van der Waals surface area contributed by atoms with E-state index in [1.165, 1.54) is 94.6 Å². The van der Waals surface area contributed by atoms with Crippen molar-refractivity contribution in [3.63, 3.8) is 0 Å². The summed E-state index contributed by atoms with van der Waals surface area (Å²) < 4.78 is 0. The highest BCUT2D eigenvalue weighted by atomic mass is 15.2. The molecule has 0 amide bonds. The topological polar surface area (TPSA) is 6.48 Å². The highest BCUT2D eigenvalue weighted by molar-refractivity contribution is 6.22. The molecule has 5 aliphatic rings. The maximum atomic E-state index is 2.58. The summed E-state index contributed by atoms with van der Waals surface area (Å²) in [6.45, 7) is 0. The summed E-state index contributed by atoms with van der Waals surface area (Å²) in [6, 6.07) is 54.9. The molecule has 12 rings (SSSR count). The maximum Gasteiger partial charge on any atom is 0.0493 e. The van der Waals surface area contributed by atoms with Gasteiger partial charge in [-0.1, -0.05) is 133 Å². The van der Waals surface area contributed by atoms with E-state index in [1.807, 2.05) is 0 Å². The summed E-state index contributed by atoms with van der Waals surface area (Å²) in [5, 5.41) is 5.09. The van der Waals surface area contributed by atoms with Crippen LogP contribution in [-0.4, -0.2) is 0 Å². The van der Waals surface area contributed by atoms with Crippen molar-refractivity contribution >= 4 is 38.6 Å². The number of hydrogen-bond acceptors (Lipinski definition) is 2. The van der Waals surface area contributed by atoms with Gasteiger partial charge < -0.3 is 9.80 Å². The van der Waals surface area contributed by atoms with Crippen molar-refractivity contribution in [2.24, 2.45) is 0 Å². The highest BCUT2D eigenvalue weighted by Crippen LogP contribution is 2.50. The van der Waals surface area contributed by atoms with E-state index >= 15 is 0 Å². The quantitative estimate of drug-likeness (QED) is 0.160. The minimum atomic E-state index is 1.07. The summed E-state index contributed by atoms with van der Waals surface area (Å²) in [5.74, 6) is 0. The van der Waals surface area contributed by atoms with Crippen LogP contribution in [0.2, 0.25) is 0 Å². The Kier molecular flexibility index (Phi) is 8.84. The summed E-state index contributed by atoms with van der Waals surface area (Å²) in [7, 11) is 0. The number of benzene rings is 7. The van der Waals surface area contributed by atoms with Crippen molar-refractivity contribution in [2.45, 2.75) is 57.8 Å². The Balaban J connectivity index is 1.15. The first-order chi connectivity index (χ1) is 30.3. The van der Waals surface area contributed by atoms with E-state index in [1.54, 1.807) is 16.7 Å². The molecule has 294 valence electrons. The van der Waals surface area contributed by atoms with Gasteiger partial charge in [0.1, 0.15) is 0 Å². The van der Waals surface area contributed by atoms with E-state index in [9.17, 15) is 0 Å². The zero-order chi connectivity index (χ0) is 40.3. The molecule has 0 radical (unpaired) electrons. The first kappa shape index (κ1) is 36.0. The number of allylic oxidation sites excluding steroid dienone is 9. The van der Waals surface area contributed by atoms with E-state index in [0.29, 0.717) is 0 Å². The molecule has 2 nitrogen and oxygen atoms in total. The lowest BCUT2D eigenvalue weighted by Gasteiger charge is -2.38. The molecule has 0 bridgehead atoms. The van der Waals surface area contributed by atoms with Crippen LogP contribution in [0, 0.1) is 0 Å². The SMILES string of the molecule is C1=CC2=C(CC1)CC1=C(C=CCC1)N2c1ccc2c(-c3ccc(-c4ccccc4)cc3)c3cc(N4C5=C(CCC=C5)CCc5ccccc54)ccc3c(-c3ccccc3)c2c1. The number of anilines is 3. The fourth-order valence-electron chi connectivity index (χ4n) is 10.9. The van der Waals surface area contributed by atoms with Crippen LogP contribution in [0.3, 0.4) is 0 Å². The smallest absolute Gasteiger partial charge is 0.0493 e. The molecule has 0 fully saturated rings. The van der Waals surface area contributed by atoms with E-state index < -0.39 is 0 Å². The molecule has 2 heteroatoms. The Hall–Kier alpha value is -6.90. The zero-order valence-electron chi connectivity index (χ0n) is 34.6. The van der Waals surface area contributed by atoms with Gasteiger partial charge >= 0.3 is 0 Å². The summed E-state index contributed by atoms with van der Waals surface area (Å²) in [6.07, 6.45) is 24.3. The second kappa shape index (κ2) is 15.0. The van der Waals surface area contributed by atoms with Crippen molar-refractivity contribution in [1.29, 1.82) is 0 Å². The van der Waals surface area contributed by atoms with Crippen molar-refractivity contribution in [3.8, 4) is 33.4 Å². The number of nitrogens with zero attached hydrogens (tertiary/aromatic N) is 2. The van der Waals surface area contributed by atoms with Crippen molar-refractivity contribution in [2.75, 3.05) is 9.80 Å². The summed E-state index contributed by atoms with van der Waals surface area (Å²) in [4.78, 5) is 5.14. The molecule has 61 heavy (non-hydrogen) atoms. The second-order valence-electron chi connectivity index (χ2n) is 17.3. The van der Waals surface area contributed by atoms with Crippen molar-refractivity contribution in [1.82, 2.24) is 0 Å². The van der Waals surface area contributed by atoms with Gasteiger partial charge in [-0.15, -0.1) is 0 Å². The van der Waals surface area contributed by atoms with Crippen molar-refractivity contribution < 1.29 is 0 Å². The molecule has 0 unspecified atom stereocenters. The van der Waals surface area contributed by atoms with Gasteiger partial charge in [0.05, 0.1) is 0 Å². The molecule has 7 aromatic rings. The number of fused-ring (bicyclic) bond motifs is 3. The Labute approximate surface area is 359 Å². The Morgan fingerprint density at radius 3 is 1.44 bits per heavy atom. The molecule has 7 aromatic carbocycles. The predicted octanol–water partition coefficient (Wildman–Crippen LogP) is 16.1. The fraction of sp³-hybridized carbons (Fsp3) is 0.153. The van der Waals surface area contributed by atoms with Gasteiger partial charge in [-0.25, -0.2) is 0 Å². The lowest BCUT2D eigenvalue weighted by Crippen LogP contribution is -2.28. The third kappa shape index (κ3) is 6.15. The van der Waals surface area contributed by atoms with Crippen LogP contribution in [0.15, 0.2) is 216 Å². The fourth-order valence-corrected chi connectivity index (χ4v) is 10.9. The predicted molar refractivity (Wildman–Crippen MR) is 258 cm³/mol. The van der Waals surface area contributed by atoms with Crippen LogP contribution in [0.5, 0.6) is 0 Å². The number of hydrogen-bond donors (Lipinski definition) is 0. The van der Waals surface area contributed by atoms with Crippen molar-refractivity contribution in [3.05, 3.63) is 221 Å². The maximum absolute atomic E-state index is 2.58. The van der Waals surface area contributed by atoms with Crippen LogP contribution in [-0.2, 0) is 6.42 Å². The van der Waals surface area contributed by atoms with E-state index in [4.69, 9.17) is 0 Å². The summed E-state index contributed by atoms with van der Waals surface area (Å²) in [5.41, 5.74) is 21.4. The van der Waals surface area contributed by atoms with E-state index in [2.05, 4.69) is 192 Å². The minimum Gasteiger partial charge on any atom is -0.311 e. The molecule has 0 aromatic heterocycles. The second-order valence-corrected chi connectivity index (χ2v) is 17.3. The average molecular weight is 785 g/mol. The van der Waals surface area contributed by atoms with Crippen LogP contribution in [0.4, 0.5) is 17.1 Å². The zero-order valence-corrected chi connectivity index (χ0v) is 34.6. The molecule has 0 spiro atoms. The Morgan fingerprint density at radius 2 is 0.820 bits per heavy atom. The third-order valence-electron chi connectivity index (χ3n) is 13.8. The standard InChI is InChI=1S/C59H48N2/c1-3-15-40(16-4-1)41-27-31-45(32-28-41)59-51-36-34-49(61-56-25-13-9-21-46(56)37-47-22-10-14-26-57(47)61)39-52(51)58(44-19-5-2-6-20-44)50-35-33-48(38-53(50)59)60-54-23-11-7-17-42(54)29-30-43-18-8-12-24-55(43)60/h1-7,11-17,19-20,23-28,31-36,38-39H,8-10,18,21-22,29-30,37H2. The van der Waals surface area contributed by atoms with Crippen LogP contribution in [0.25, 0.3) is 54.9 Å². The molecule has 0 atom stereocenters. The van der Waals surface area contributed by atoms with Gasteiger partial charge in [0.15, 0.2) is 0 Å². The minimum absolute atomic E-state index is 1.07. The lowest BCUT2D eigenvalue weighted by atomic mass is 9.84. The third-order valence-corrected chi connectivity index (χ3v) is 13.8. The van der Waals surface area contributed by atoms with Crippen LogP contribution in [0.1, 0.15) is 56.9 Å². The van der Waals surface area contributed by atoms with Gasteiger partial charge in [0.2, 0.25) is 0 Å². The Morgan fingerprint density at radius 1 is 0.344 bits per heavy atom. The number of para-hydroxylation sites is 1. The van der Waals surface area contributed by atoms with Gasteiger partial charge in [-0.2, -0.15) is 0 Å². The molecule has 0 saturated heterocycles. The number of aryl methyl sites for hydroxylation is 1. The van der Waals surface area contributed by atoms with Crippen LogP contribution >= 0.6 is 0 Å².